The van der Waals surface area contributed by atoms with Crippen molar-refractivity contribution < 1.29 is 27.8 Å². The molecule has 2 aliphatic carbocycles. The van der Waals surface area contributed by atoms with Crippen LogP contribution in [0.1, 0.15) is 61.7 Å². The number of aromatic nitrogens is 2. The quantitative estimate of drug-likeness (QED) is 0.311. The van der Waals surface area contributed by atoms with E-state index in [9.17, 15) is 23.1 Å². The van der Waals surface area contributed by atoms with Gasteiger partial charge in [-0.05, 0) is 51.4 Å². The van der Waals surface area contributed by atoms with E-state index >= 15 is 0 Å². The molecule has 1 aromatic heterocycles. The highest BCUT2D eigenvalue weighted by Crippen LogP contribution is 2.36. The lowest BCUT2D eigenvalue weighted by Gasteiger charge is -2.37. The predicted molar refractivity (Wildman–Crippen MR) is 112 cm³/mol. The Bertz CT molecular complexity index is 775. The van der Waals surface area contributed by atoms with E-state index in [-0.39, 0.29) is 23.4 Å². The highest BCUT2D eigenvalue weighted by atomic mass is 32.1. The lowest BCUT2D eigenvalue weighted by molar-refractivity contribution is -0.188. The number of thiol groups is 1. The number of hydrogen-bond donors (Lipinski definition) is 5. The van der Waals surface area contributed by atoms with Crippen LogP contribution in [0.2, 0.25) is 0 Å². The van der Waals surface area contributed by atoms with Crippen molar-refractivity contribution in [1.82, 2.24) is 9.97 Å². The number of nitrogens with zero attached hydrogens (tertiary/aromatic N) is 2. The normalized spacial score (nSPS) is 29.4. The van der Waals surface area contributed by atoms with Crippen LogP contribution in [0.25, 0.3) is 0 Å². The number of primary amides is 1. The molecule has 31 heavy (non-hydrogen) atoms. The van der Waals surface area contributed by atoms with Gasteiger partial charge in [0.25, 0.3) is 5.91 Å². The average molecular weight is 464 g/mol. The first-order valence-electron chi connectivity index (χ1n) is 10.3. The molecule has 1 aromatic rings. The lowest BCUT2D eigenvalue weighted by atomic mass is 9.92. The van der Waals surface area contributed by atoms with Gasteiger partial charge in [-0.25, -0.2) is 4.98 Å². The van der Waals surface area contributed by atoms with E-state index in [1.54, 1.807) is 0 Å². The van der Waals surface area contributed by atoms with Crippen molar-refractivity contribution in [3.63, 3.8) is 0 Å². The molecule has 0 saturated heterocycles. The van der Waals surface area contributed by atoms with Gasteiger partial charge in [0, 0.05) is 12.2 Å². The highest BCUT2D eigenvalue weighted by Gasteiger charge is 2.36. The number of aliphatic hydroxyl groups is 1. The van der Waals surface area contributed by atoms with Crippen molar-refractivity contribution in [2.24, 2.45) is 5.73 Å². The number of hydrogen-bond acceptors (Lipinski definition) is 8. The number of nitrogens with one attached hydrogen (secondary N) is 2. The number of carbonyl (C=O) groups is 1. The molecule has 1 amide bonds. The summed E-state index contributed by atoms with van der Waals surface area (Å²) in [7, 11) is 0. The number of nitrogens with two attached hydrogens (primary N) is 1. The molecule has 2 saturated carbocycles. The summed E-state index contributed by atoms with van der Waals surface area (Å²) in [5.41, 5.74) is 5.59. The summed E-state index contributed by atoms with van der Waals surface area (Å²) in [5, 5.41) is 16.2. The lowest BCUT2D eigenvalue weighted by Crippen LogP contribution is -2.40. The average Bonchev–Trinajstić information content (AvgIpc) is 2.67. The molecule has 0 radical (unpaired) electrons. The highest BCUT2D eigenvalue weighted by molar-refractivity contribution is 7.82. The molecule has 5 N–H and O–H groups in total. The summed E-state index contributed by atoms with van der Waals surface area (Å²) in [6.45, 7) is -1.26. The molecule has 0 spiro atoms. The molecule has 1 heterocycles. The third kappa shape index (κ3) is 7.11. The van der Waals surface area contributed by atoms with Gasteiger partial charge in [0.1, 0.15) is 12.4 Å². The van der Waals surface area contributed by atoms with Crippen LogP contribution in [0.15, 0.2) is 6.20 Å². The zero-order chi connectivity index (χ0) is 22.6. The van der Waals surface area contributed by atoms with Crippen LogP contribution >= 0.6 is 12.6 Å². The van der Waals surface area contributed by atoms with Crippen LogP contribution in [-0.4, -0.2) is 56.9 Å². The Labute approximate surface area is 183 Å². The van der Waals surface area contributed by atoms with Gasteiger partial charge in [-0.15, -0.1) is 0 Å². The number of carbonyl (C=O) groups excluding carboxylic acids is 1. The maximum Gasteiger partial charge on any atom is 0.411 e. The zero-order valence-corrected chi connectivity index (χ0v) is 17.9. The summed E-state index contributed by atoms with van der Waals surface area (Å²) in [6, 6.07) is -0.0456. The van der Waals surface area contributed by atoms with Crippen LogP contribution in [0.4, 0.5) is 24.9 Å². The number of aliphatic hydroxyl groups excluding tert-OH is 1. The van der Waals surface area contributed by atoms with Gasteiger partial charge >= 0.3 is 6.18 Å². The molecule has 174 valence electrons. The van der Waals surface area contributed by atoms with E-state index < -0.39 is 35.8 Å². The molecule has 2 atom stereocenters. The summed E-state index contributed by atoms with van der Waals surface area (Å²) in [5.74, 6) is -0.162. The molecule has 2 aliphatic rings. The van der Waals surface area contributed by atoms with Gasteiger partial charge in [0.05, 0.1) is 22.6 Å². The Morgan fingerprint density at radius 3 is 2.65 bits per heavy atom. The smallest absolute Gasteiger partial charge is 0.393 e. The number of anilines is 2. The molecule has 0 bridgehead atoms. The van der Waals surface area contributed by atoms with Crippen molar-refractivity contribution in [3.8, 4) is 0 Å². The largest absolute Gasteiger partial charge is 0.411 e. The second kappa shape index (κ2) is 9.78. The van der Waals surface area contributed by atoms with Gasteiger partial charge < -0.3 is 26.2 Å². The first-order chi connectivity index (χ1) is 14.5. The van der Waals surface area contributed by atoms with Crippen LogP contribution < -0.4 is 16.4 Å². The number of halogens is 3. The van der Waals surface area contributed by atoms with Gasteiger partial charge in [0.2, 0.25) is 5.95 Å². The van der Waals surface area contributed by atoms with Crippen LogP contribution in [-0.2, 0) is 4.74 Å². The summed E-state index contributed by atoms with van der Waals surface area (Å²) < 4.78 is 42.0. The fourth-order valence-corrected chi connectivity index (χ4v) is 4.36. The second-order valence-electron chi connectivity index (χ2n) is 8.26. The summed E-state index contributed by atoms with van der Waals surface area (Å²) >= 11 is 4.66. The molecular weight excluding hydrogens is 435 g/mol. The van der Waals surface area contributed by atoms with Crippen molar-refractivity contribution in [1.29, 1.82) is 0 Å². The van der Waals surface area contributed by atoms with E-state index in [4.69, 9.17) is 10.5 Å². The SMILES string of the molecule is NC(=O)c1cnc(N[C@]2(S)CC[C@H](OCC(F)(F)F)CC2)nc1N[C@@H]1CCC[C@H](O)C1. The zero-order valence-electron chi connectivity index (χ0n) is 17.0. The van der Waals surface area contributed by atoms with Crippen LogP contribution in [0, 0.1) is 0 Å². The summed E-state index contributed by atoms with van der Waals surface area (Å²) in [6.07, 6.45) is 0.817. The number of amides is 1. The van der Waals surface area contributed by atoms with Crippen LogP contribution in [0.3, 0.4) is 0 Å². The third-order valence-corrected chi connectivity index (χ3v) is 6.19. The minimum Gasteiger partial charge on any atom is -0.393 e. The number of alkyl halides is 3. The maximum absolute atomic E-state index is 12.3. The maximum atomic E-state index is 12.3. The Morgan fingerprint density at radius 1 is 1.32 bits per heavy atom. The molecular formula is C19H28F3N5O3S. The monoisotopic (exact) mass is 463 g/mol. The second-order valence-corrected chi connectivity index (χ2v) is 9.12. The van der Waals surface area contributed by atoms with E-state index in [1.807, 2.05) is 0 Å². The fraction of sp³-hybridized carbons (Fsp3) is 0.737. The third-order valence-electron chi connectivity index (χ3n) is 5.63. The standard InChI is InChI=1S/C19H28F3N5O3S/c20-19(21,22)10-30-13-4-6-18(31,7-5-13)27-17-24-9-14(15(23)29)16(26-17)25-11-2-1-3-12(28)8-11/h9,11-13,28,31H,1-8,10H2,(H2,23,29)(H2,24,25,26,27)/t11-,12+,13-,18-/m1/s1. The van der Waals surface area contributed by atoms with Crippen molar-refractivity contribution in [2.75, 3.05) is 17.2 Å². The van der Waals surface area contributed by atoms with Crippen molar-refractivity contribution in [2.45, 2.75) is 80.7 Å². The number of rotatable bonds is 7. The summed E-state index contributed by atoms with van der Waals surface area (Å²) in [4.78, 5) is 19.6. The van der Waals surface area contributed by atoms with Gasteiger partial charge in [-0.1, -0.05) is 0 Å². The fourth-order valence-electron chi connectivity index (χ4n) is 4.00. The van der Waals surface area contributed by atoms with Crippen molar-refractivity contribution >= 4 is 30.3 Å². The van der Waals surface area contributed by atoms with Gasteiger partial charge in [-0.3, -0.25) is 4.79 Å². The predicted octanol–water partition coefficient (Wildman–Crippen LogP) is 2.85. The Hall–Kier alpha value is -1.79. The van der Waals surface area contributed by atoms with E-state index in [0.29, 0.717) is 32.1 Å². The van der Waals surface area contributed by atoms with Crippen LogP contribution in [0.5, 0.6) is 0 Å². The van der Waals surface area contributed by atoms with E-state index in [2.05, 4.69) is 33.2 Å². The van der Waals surface area contributed by atoms with E-state index in [0.717, 1.165) is 19.3 Å². The van der Waals surface area contributed by atoms with E-state index in [1.165, 1.54) is 6.20 Å². The molecule has 12 heteroatoms. The topological polar surface area (TPSA) is 122 Å². The minimum absolute atomic E-state index is 0.0456. The minimum atomic E-state index is -4.35. The Kier molecular flexibility index (Phi) is 7.53. The Morgan fingerprint density at radius 2 is 2.03 bits per heavy atom. The van der Waals surface area contributed by atoms with Gasteiger partial charge in [0.15, 0.2) is 0 Å². The van der Waals surface area contributed by atoms with Crippen molar-refractivity contribution in [3.05, 3.63) is 11.8 Å². The molecule has 3 rings (SSSR count). The molecule has 0 aromatic carbocycles. The number of ether oxygens (including phenoxy) is 1. The first kappa shape index (κ1) is 23.9. The molecule has 0 aliphatic heterocycles. The molecule has 2 fully saturated rings. The van der Waals surface area contributed by atoms with Gasteiger partial charge in [-0.2, -0.15) is 30.8 Å². The molecule has 8 nitrogen and oxygen atoms in total. The molecule has 0 unspecified atom stereocenters. The first-order valence-corrected chi connectivity index (χ1v) is 10.8. The Balaban J connectivity index is 1.64.